The van der Waals surface area contributed by atoms with Crippen LogP contribution in [-0.4, -0.2) is 33.6 Å². The van der Waals surface area contributed by atoms with Gasteiger partial charge in [0.05, 0.1) is 18.2 Å². The fourth-order valence-electron chi connectivity index (χ4n) is 2.87. The molecule has 0 aliphatic carbocycles. The minimum Gasteiger partial charge on any atom is -0.438 e. The topological polar surface area (TPSA) is 102 Å². The third kappa shape index (κ3) is 4.65. The number of hydrogen-bond acceptors (Lipinski definition) is 7. The first-order valence-corrected chi connectivity index (χ1v) is 8.81. The van der Waals surface area contributed by atoms with Crippen LogP contribution in [-0.2, 0) is 11.3 Å². The summed E-state index contributed by atoms with van der Waals surface area (Å²) < 4.78 is 11.1. The monoisotopic (exact) mass is 401 g/mol. The molecule has 0 bridgehead atoms. The van der Waals surface area contributed by atoms with Crippen molar-refractivity contribution in [1.29, 1.82) is 0 Å². The van der Waals surface area contributed by atoms with Crippen molar-refractivity contribution in [3.05, 3.63) is 54.6 Å². The number of benzene rings is 1. The van der Waals surface area contributed by atoms with E-state index in [4.69, 9.17) is 9.26 Å². The van der Waals surface area contributed by atoms with Crippen LogP contribution in [0.2, 0.25) is 0 Å². The molecule has 8 nitrogen and oxygen atoms in total. The Morgan fingerprint density at radius 3 is 2.89 bits per heavy atom. The number of ether oxygens (including phenoxy) is 1. The third-order valence-corrected chi connectivity index (χ3v) is 4.23. The van der Waals surface area contributed by atoms with Gasteiger partial charge in [-0.05, 0) is 43.7 Å². The van der Waals surface area contributed by atoms with Crippen LogP contribution in [0.3, 0.4) is 0 Å². The van der Waals surface area contributed by atoms with Gasteiger partial charge in [-0.15, -0.1) is 12.4 Å². The predicted octanol–water partition coefficient (Wildman–Crippen LogP) is 2.71. The van der Waals surface area contributed by atoms with Crippen LogP contribution in [0.25, 0.3) is 11.4 Å². The van der Waals surface area contributed by atoms with Crippen LogP contribution < -0.4 is 15.4 Å². The van der Waals surface area contributed by atoms with Crippen molar-refractivity contribution in [2.45, 2.75) is 25.4 Å². The van der Waals surface area contributed by atoms with Gasteiger partial charge >= 0.3 is 0 Å². The highest BCUT2D eigenvalue weighted by Crippen LogP contribution is 2.29. The largest absolute Gasteiger partial charge is 0.438 e. The summed E-state index contributed by atoms with van der Waals surface area (Å²) in [5.41, 5.74) is 0.611. The molecule has 4 rings (SSSR count). The lowest BCUT2D eigenvalue weighted by Gasteiger charge is -2.08. The molecule has 146 valence electrons. The van der Waals surface area contributed by atoms with Gasteiger partial charge in [-0.1, -0.05) is 23.4 Å². The number of aromatic nitrogens is 3. The van der Waals surface area contributed by atoms with Crippen molar-refractivity contribution in [2.24, 2.45) is 0 Å². The van der Waals surface area contributed by atoms with E-state index in [0.717, 1.165) is 19.4 Å². The van der Waals surface area contributed by atoms with E-state index in [0.29, 0.717) is 28.9 Å². The number of carbonyl (C=O) groups is 1. The molecule has 1 atom stereocenters. The molecular weight excluding hydrogens is 382 g/mol. The predicted molar refractivity (Wildman–Crippen MR) is 104 cm³/mol. The van der Waals surface area contributed by atoms with Crippen molar-refractivity contribution in [3.63, 3.8) is 0 Å². The molecule has 0 radical (unpaired) electrons. The average Bonchev–Trinajstić information content (AvgIpc) is 3.40. The van der Waals surface area contributed by atoms with E-state index >= 15 is 0 Å². The van der Waals surface area contributed by atoms with Crippen LogP contribution in [0.5, 0.6) is 11.6 Å². The fraction of sp³-hybridized carbons (Fsp3) is 0.263. The van der Waals surface area contributed by atoms with Crippen molar-refractivity contribution >= 4 is 18.3 Å². The lowest BCUT2D eigenvalue weighted by molar-refractivity contribution is -0.123. The number of para-hydroxylation sites is 1. The highest BCUT2D eigenvalue weighted by molar-refractivity contribution is 5.85. The number of amides is 1. The van der Waals surface area contributed by atoms with Gasteiger partial charge in [0.2, 0.25) is 23.5 Å². The van der Waals surface area contributed by atoms with Gasteiger partial charge in [-0.25, -0.2) is 4.98 Å². The van der Waals surface area contributed by atoms with E-state index in [9.17, 15) is 4.79 Å². The second-order valence-electron chi connectivity index (χ2n) is 6.15. The Kier molecular flexibility index (Phi) is 6.57. The smallest absolute Gasteiger partial charge is 0.246 e. The molecule has 1 aliphatic heterocycles. The second kappa shape index (κ2) is 9.29. The minimum atomic E-state index is -0.142. The molecule has 1 amide bonds. The summed E-state index contributed by atoms with van der Waals surface area (Å²) in [6, 6.07) is 12.8. The molecule has 1 fully saturated rings. The Morgan fingerprint density at radius 2 is 2.11 bits per heavy atom. The standard InChI is InChI=1S/C19H19N5O3.ClH/c25-18(15-9-5-10-20-15)22-12-16-23-17(24-27-16)14-8-4-11-21-19(14)26-13-6-2-1-3-7-13;/h1-4,6-8,11,15,20H,5,9-10,12H2,(H,22,25);1H. The molecule has 2 aromatic heterocycles. The zero-order valence-electron chi connectivity index (χ0n) is 15.0. The molecule has 0 saturated carbocycles. The number of hydrogen-bond donors (Lipinski definition) is 2. The van der Waals surface area contributed by atoms with E-state index in [2.05, 4.69) is 25.8 Å². The molecule has 3 heterocycles. The molecular formula is C19H20ClN5O3. The molecule has 1 unspecified atom stereocenters. The molecule has 0 spiro atoms. The summed E-state index contributed by atoms with van der Waals surface area (Å²) in [5.74, 6) is 1.68. The SMILES string of the molecule is Cl.O=C(NCc1nc(-c2cccnc2Oc2ccccc2)no1)C1CCCN1. The van der Waals surface area contributed by atoms with Gasteiger partial charge < -0.3 is 19.9 Å². The number of halogens is 1. The number of pyridine rings is 1. The second-order valence-corrected chi connectivity index (χ2v) is 6.15. The number of nitrogens with zero attached hydrogens (tertiary/aromatic N) is 3. The Balaban J connectivity index is 0.00000225. The van der Waals surface area contributed by atoms with Crippen molar-refractivity contribution in [2.75, 3.05) is 6.54 Å². The van der Waals surface area contributed by atoms with Crippen molar-refractivity contribution in [3.8, 4) is 23.0 Å². The molecule has 1 aromatic carbocycles. The van der Waals surface area contributed by atoms with E-state index in [1.165, 1.54) is 0 Å². The Hall–Kier alpha value is -2.97. The summed E-state index contributed by atoms with van der Waals surface area (Å²) in [6.07, 6.45) is 3.49. The molecule has 1 saturated heterocycles. The first-order valence-electron chi connectivity index (χ1n) is 8.81. The Morgan fingerprint density at radius 1 is 1.25 bits per heavy atom. The zero-order chi connectivity index (χ0) is 18.5. The lowest BCUT2D eigenvalue weighted by Crippen LogP contribution is -2.40. The maximum absolute atomic E-state index is 12.1. The Labute approximate surface area is 168 Å². The van der Waals surface area contributed by atoms with E-state index in [1.807, 2.05) is 30.3 Å². The van der Waals surface area contributed by atoms with Gasteiger partial charge in [-0.3, -0.25) is 4.79 Å². The third-order valence-electron chi connectivity index (χ3n) is 4.23. The molecule has 9 heteroatoms. The molecule has 1 aliphatic rings. The maximum Gasteiger partial charge on any atom is 0.246 e. The van der Waals surface area contributed by atoms with Gasteiger partial charge in [0.25, 0.3) is 0 Å². The summed E-state index contributed by atoms with van der Waals surface area (Å²) in [7, 11) is 0. The molecule has 2 N–H and O–H groups in total. The summed E-state index contributed by atoms with van der Waals surface area (Å²) >= 11 is 0. The fourth-order valence-corrected chi connectivity index (χ4v) is 2.87. The molecule has 28 heavy (non-hydrogen) atoms. The quantitative estimate of drug-likeness (QED) is 0.654. The normalized spacial score (nSPS) is 15.6. The van der Waals surface area contributed by atoms with Crippen molar-refractivity contribution in [1.82, 2.24) is 25.8 Å². The van der Waals surface area contributed by atoms with Gasteiger partial charge in [0, 0.05) is 6.20 Å². The van der Waals surface area contributed by atoms with Crippen LogP contribution in [0.1, 0.15) is 18.7 Å². The van der Waals surface area contributed by atoms with Crippen LogP contribution >= 0.6 is 12.4 Å². The van der Waals surface area contributed by atoms with Gasteiger partial charge in [-0.2, -0.15) is 4.98 Å². The van der Waals surface area contributed by atoms with Gasteiger partial charge in [0.1, 0.15) is 5.75 Å². The van der Waals surface area contributed by atoms with Gasteiger partial charge in [0.15, 0.2) is 0 Å². The van der Waals surface area contributed by atoms with E-state index in [1.54, 1.807) is 18.3 Å². The summed E-state index contributed by atoms with van der Waals surface area (Å²) in [4.78, 5) is 20.7. The van der Waals surface area contributed by atoms with Crippen LogP contribution in [0.15, 0.2) is 53.2 Å². The highest BCUT2D eigenvalue weighted by atomic mass is 35.5. The van der Waals surface area contributed by atoms with Crippen LogP contribution in [0, 0.1) is 0 Å². The Bertz CT molecular complexity index is 913. The minimum absolute atomic E-state index is 0. The van der Waals surface area contributed by atoms with E-state index in [-0.39, 0.29) is 30.9 Å². The summed E-state index contributed by atoms with van der Waals surface area (Å²) in [6.45, 7) is 1.05. The zero-order valence-corrected chi connectivity index (χ0v) is 15.8. The number of rotatable bonds is 6. The van der Waals surface area contributed by atoms with Crippen LogP contribution in [0.4, 0.5) is 0 Å². The maximum atomic E-state index is 12.1. The first-order chi connectivity index (χ1) is 13.3. The lowest BCUT2D eigenvalue weighted by atomic mass is 10.2. The average molecular weight is 402 g/mol. The number of nitrogens with one attached hydrogen (secondary N) is 2. The number of carbonyl (C=O) groups excluding carboxylic acids is 1. The van der Waals surface area contributed by atoms with E-state index < -0.39 is 0 Å². The van der Waals surface area contributed by atoms with Crippen molar-refractivity contribution < 1.29 is 14.1 Å². The first kappa shape index (κ1) is 19.8. The molecule has 3 aromatic rings. The summed E-state index contributed by atoms with van der Waals surface area (Å²) in [5, 5.41) is 9.96. The highest BCUT2D eigenvalue weighted by Gasteiger charge is 2.22.